The Balaban J connectivity index is 1.49. The molecule has 0 unspecified atom stereocenters. The van der Waals surface area contributed by atoms with Gasteiger partial charge in [-0.3, -0.25) is 4.79 Å². The van der Waals surface area contributed by atoms with Crippen LogP contribution in [0.3, 0.4) is 0 Å². The highest BCUT2D eigenvalue weighted by Gasteiger charge is 2.35. The average molecular weight is 432 g/mol. The van der Waals surface area contributed by atoms with Gasteiger partial charge in [-0.05, 0) is 49.3 Å². The third kappa shape index (κ3) is 5.03. The molecule has 0 atom stereocenters. The second-order valence-corrected chi connectivity index (χ2v) is 10.1. The largest absolute Gasteiger partial charge is 0.352 e. The number of benzene rings is 1. The summed E-state index contributed by atoms with van der Waals surface area (Å²) in [5.41, 5.74) is 0.649. The van der Waals surface area contributed by atoms with Crippen molar-refractivity contribution >= 4 is 27.7 Å². The molecule has 3 rings (SSSR count). The predicted octanol–water partition coefficient (Wildman–Crippen LogP) is 2.78. The Morgan fingerprint density at radius 1 is 1.14 bits per heavy atom. The van der Waals surface area contributed by atoms with Crippen molar-refractivity contribution in [2.45, 2.75) is 39.2 Å². The quantitative estimate of drug-likeness (QED) is 0.779. The fraction of sp³-hybridized carbons (Fsp3) is 0.632. The third-order valence-corrected chi connectivity index (χ3v) is 8.08. The van der Waals surface area contributed by atoms with Crippen LogP contribution < -0.4 is 5.32 Å². The van der Waals surface area contributed by atoms with Crippen LogP contribution in [0.1, 0.15) is 38.2 Å². The van der Waals surface area contributed by atoms with E-state index in [2.05, 4.69) is 12.2 Å². The zero-order chi connectivity index (χ0) is 20.3. The molecule has 2 fully saturated rings. The molecule has 28 heavy (non-hydrogen) atoms. The van der Waals surface area contributed by atoms with Crippen molar-refractivity contribution in [3.8, 4) is 0 Å². The first kappa shape index (κ1) is 21.5. The lowest BCUT2D eigenvalue weighted by atomic mass is 9.97. The van der Waals surface area contributed by atoms with Crippen molar-refractivity contribution in [3.63, 3.8) is 0 Å². The lowest BCUT2D eigenvalue weighted by Crippen LogP contribution is -2.50. The Hall–Kier alpha value is -1.22. The number of hydrogen-bond donors (Lipinski definition) is 1. The Bertz CT molecular complexity index is 805. The maximum absolute atomic E-state index is 13.1. The number of halogens is 2. The van der Waals surface area contributed by atoms with Gasteiger partial charge in [0.1, 0.15) is 5.82 Å². The molecule has 2 heterocycles. The Labute approximate surface area is 171 Å². The van der Waals surface area contributed by atoms with Gasteiger partial charge in [0, 0.05) is 43.7 Å². The van der Waals surface area contributed by atoms with E-state index in [4.69, 9.17) is 11.6 Å². The van der Waals surface area contributed by atoms with Gasteiger partial charge in [-0.2, -0.15) is 17.0 Å². The topological polar surface area (TPSA) is 69.7 Å². The van der Waals surface area contributed by atoms with Crippen LogP contribution in [0, 0.1) is 17.7 Å². The van der Waals surface area contributed by atoms with Crippen LogP contribution in [-0.2, 0) is 21.5 Å². The summed E-state index contributed by atoms with van der Waals surface area (Å²) in [6.07, 6.45) is 2.77. The first-order valence-corrected chi connectivity index (χ1v) is 11.5. The van der Waals surface area contributed by atoms with Crippen LogP contribution in [0.2, 0.25) is 5.02 Å². The maximum atomic E-state index is 13.1. The Kier molecular flexibility index (Phi) is 6.96. The molecule has 1 N–H and O–H groups in total. The van der Waals surface area contributed by atoms with Crippen molar-refractivity contribution in [2.24, 2.45) is 11.8 Å². The SMILES string of the molecule is CC1CCN(S(=O)(=O)N2CCC(C(=O)NCc3ccc(F)cc3Cl)CC2)CC1. The summed E-state index contributed by atoms with van der Waals surface area (Å²) in [5.74, 6) is -0.205. The van der Waals surface area contributed by atoms with Crippen LogP contribution in [-0.4, -0.2) is 49.1 Å². The van der Waals surface area contributed by atoms with E-state index in [9.17, 15) is 17.6 Å². The van der Waals surface area contributed by atoms with Crippen molar-refractivity contribution < 1.29 is 17.6 Å². The van der Waals surface area contributed by atoms with Crippen LogP contribution in [0.4, 0.5) is 4.39 Å². The van der Waals surface area contributed by atoms with Crippen LogP contribution in [0.15, 0.2) is 18.2 Å². The van der Waals surface area contributed by atoms with Crippen LogP contribution >= 0.6 is 11.6 Å². The maximum Gasteiger partial charge on any atom is 0.281 e. The van der Waals surface area contributed by atoms with E-state index in [1.807, 2.05) is 0 Å². The van der Waals surface area contributed by atoms with Gasteiger partial charge in [0.15, 0.2) is 0 Å². The molecule has 0 saturated carbocycles. The molecule has 2 aliphatic heterocycles. The van der Waals surface area contributed by atoms with Gasteiger partial charge in [0.05, 0.1) is 0 Å². The molecule has 0 aliphatic carbocycles. The molecule has 156 valence electrons. The minimum atomic E-state index is -3.44. The number of piperidine rings is 2. The molecule has 1 aromatic carbocycles. The molecule has 0 aromatic heterocycles. The summed E-state index contributed by atoms with van der Waals surface area (Å²) in [5, 5.41) is 3.10. The van der Waals surface area contributed by atoms with Gasteiger partial charge in [-0.25, -0.2) is 4.39 Å². The molecule has 0 spiro atoms. The minimum Gasteiger partial charge on any atom is -0.352 e. The Morgan fingerprint density at radius 3 is 2.29 bits per heavy atom. The number of carbonyl (C=O) groups excluding carboxylic acids is 1. The highest BCUT2D eigenvalue weighted by atomic mass is 35.5. The lowest BCUT2D eigenvalue weighted by molar-refractivity contribution is -0.126. The first-order chi connectivity index (χ1) is 13.3. The molecule has 0 bridgehead atoms. The van der Waals surface area contributed by atoms with E-state index in [1.165, 1.54) is 16.4 Å². The van der Waals surface area contributed by atoms with Crippen molar-refractivity contribution in [3.05, 3.63) is 34.6 Å². The molecular formula is C19H27ClFN3O3S. The highest BCUT2D eigenvalue weighted by molar-refractivity contribution is 7.86. The molecule has 0 radical (unpaired) electrons. The number of hydrogen-bond acceptors (Lipinski definition) is 3. The van der Waals surface area contributed by atoms with Crippen LogP contribution in [0.5, 0.6) is 0 Å². The third-order valence-electron chi connectivity index (χ3n) is 5.69. The molecule has 9 heteroatoms. The van der Waals surface area contributed by atoms with E-state index in [-0.39, 0.29) is 23.4 Å². The first-order valence-electron chi connectivity index (χ1n) is 9.74. The summed E-state index contributed by atoms with van der Waals surface area (Å²) in [6.45, 7) is 4.22. The lowest BCUT2D eigenvalue weighted by Gasteiger charge is -2.37. The van der Waals surface area contributed by atoms with E-state index < -0.39 is 16.0 Å². The molecular weight excluding hydrogens is 405 g/mol. The highest BCUT2D eigenvalue weighted by Crippen LogP contribution is 2.25. The van der Waals surface area contributed by atoms with Gasteiger partial charge < -0.3 is 5.32 Å². The number of carbonyl (C=O) groups is 1. The Morgan fingerprint density at radius 2 is 1.71 bits per heavy atom. The molecule has 2 aliphatic rings. The zero-order valence-corrected chi connectivity index (χ0v) is 17.6. The summed E-state index contributed by atoms with van der Waals surface area (Å²) in [6, 6.07) is 4.07. The molecule has 1 aromatic rings. The number of amides is 1. The minimum absolute atomic E-state index is 0.121. The summed E-state index contributed by atoms with van der Waals surface area (Å²) < 4.78 is 41.8. The second kappa shape index (κ2) is 9.07. The second-order valence-electron chi connectivity index (χ2n) is 7.72. The smallest absolute Gasteiger partial charge is 0.281 e. The summed E-state index contributed by atoms with van der Waals surface area (Å²) >= 11 is 5.98. The van der Waals surface area contributed by atoms with Crippen molar-refractivity contribution in [1.29, 1.82) is 0 Å². The molecule has 1 amide bonds. The van der Waals surface area contributed by atoms with Gasteiger partial charge in [-0.15, -0.1) is 0 Å². The number of rotatable bonds is 5. The standard InChI is InChI=1S/C19H27ClFN3O3S/c1-14-4-8-23(9-5-14)28(26,27)24-10-6-15(7-11-24)19(25)22-13-16-2-3-17(21)12-18(16)20/h2-3,12,14-15H,4-11,13H2,1H3,(H,22,25). The predicted molar refractivity (Wildman–Crippen MR) is 106 cm³/mol. The normalized spacial score (nSPS) is 21.0. The van der Waals surface area contributed by atoms with Gasteiger partial charge in [0.25, 0.3) is 10.2 Å². The zero-order valence-electron chi connectivity index (χ0n) is 16.0. The summed E-state index contributed by atoms with van der Waals surface area (Å²) in [7, 11) is -3.44. The average Bonchev–Trinajstić information content (AvgIpc) is 2.67. The van der Waals surface area contributed by atoms with E-state index in [0.29, 0.717) is 50.5 Å². The van der Waals surface area contributed by atoms with Crippen LogP contribution in [0.25, 0.3) is 0 Å². The fourth-order valence-corrected chi connectivity index (χ4v) is 5.62. The van der Waals surface area contributed by atoms with E-state index >= 15 is 0 Å². The van der Waals surface area contributed by atoms with Gasteiger partial charge >= 0.3 is 0 Å². The molecule has 6 nitrogen and oxygen atoms in total. The molecule has 2 saturated heterocycles. The fourth-order valence-electron chi connectivity index (χ4n) is 3.72. The van der Waals surface area contributed by atoms with Crippen molar-refractivity contribution in [2.75, 3.05) is 26.2 Å². The van der Waals surface area contributed by atoms with Gasteiger partial charge in [0.2, 0.25) is 5.91 Å². The number of nitrogens with zero attached hydrogens (tertiary/aromatic N) is 2. The van der Waals surface area contributed by atoms with E-state index in [0.717, 1.165) is 12.8 Å². The monoisotopic (exact) mass is 431 g/mol. The summed E-state index contributed by atoms with van der Waals surface area (Å²) in [4.78, 5) is 12.4. The van der Waals surface area contributed by atoms with E-state index in [1.54, 1.807) is 10.4 Å². The van der Waals surface area contributed by atoms with Gasteiger partial charge in [-0.1, -0.05) is 24.6 Å². The number of nitrogens with one attached hydrogen (secondary N) is 1. The van der Waals surface area contributed by atoms with Crippen molar-refractivity contribution in [1.82, 2.24) is 13.9 Å².